The number of fused-ring (bicyclic) bond motifs is 1. The summed E-state index contributed by atoms with van der Waals surface area (Å²) in [5.41, 5.74) is 1.09. The summed E-state index contributed by atoms with van der Waals surface area (Å²) < 4.78 is 0. The molecule has 6 heteroatoms. The third-order valence-corrected chi connectivity index (χ3v) is 3.82. The third-order valence-electron chi connectivity index (χ3n) is 3.52. The maximum atomic E-state index is 12.2. The molecule has 0 fully saturated rings. The van der Waals surface area contributed by atoms with Gasteiger partial charge in [-0.15, -0.1) is 0 Å². The highest BCUT2D eigenvalue weighted by Crippen LogP contribution is 2.36. The van der Waals surface area contributed by atoms with Gasteiger partial charge in [0.15, 0.2) is 0 Å². The van der Waals surface area contributed by atoms with Crippen molar-refractivity contribution in [2.75, 3.05) is 4.90 Å². The van der Waals surface area contributed by atoms with Gasteiger partial charge in [-0.05, 0) is 23.8 Å². The number of carbonyl (C=O) groups is 3. The van der Waals surface area contributed by atoms with Crippen LogP contribution in [0, 0.1) is 0 Å². The van der Waals surface area contributed by atoms with Crippen molar-refractivity contribution in [3.8, 4) is 0 Å². The number of hydrogen-bond acceptors (Lipinski definition) is 3. The maximum Gasteiger partial charge on any atom is 0.336 e. The highest BCUT2D eigenvalue weighted by Gasteiger charge is 2.37. The molecule has 110 valence electrons. The average molecular weight is 316 g/mol. The van der Waals surface area contributed by atoms with Crippen LogP contribution in [0.4, 0.5) is 5.69 Å². The molecule has 22 heavy (non-hydrogen) atoms. The first-order chi connectivity index (χ1) is 10.5. The SMILES string of the molecule is O=C(O)c1ccccc1CN1C(=O)C(=O)c2cccc(Cl)c21. The van der Waals surface area contributed by atoms with Crippen LogP contribution >= 0.6 is 11.6 Å². The summed E-state index contributed by atoms with van der Waals surface area (Å²) in [6.45, 7) is -0.0240. The number of ketones is 1. The van der Waals surface area contributed by atoms with Gasteiger partial charge in [0, 0.05) is 0 Å². The lowest BCUT2D eigenvalue weighted by atomic mass is 10.1. The molecular formula is C16H10ClNO4. The molecule has 0 bridgehead atoms. The molecule has 0 aliphatic carbocycles. The van der Waals surface area contributed by atoms with Gasteiger partial charge in [0.1, 0.15) is 0 Å². The van der Waals surface area contributed by atoms with E-state index in [1.165, 1.54) is 17.0 Å². The molecule has 0 saturated carbocycles. The first-order valence-corrected chi connectivity index (χ1v) is 6.84. The number of aromatic carboxylic acids is 1. The van der Waals surface area contributed by atoms with Gasteiger partial charge in [-0.2, -0.15) is 0 Å². The Morgan fingerprint density at radius 3 is 2.55 bits per heavy atom. The molecule has 3 rings (SSSR count). The predicted octanol–water partition coefficient (Wildman–Crippen LogP) is 2.77. The predicted molar refractivity (Wildman–Crippen MR) is 80.4 cm³/mol. The van der Waals surface area contributed by atoms with E-state index in [-0.39, 0.29) is 22.7 Å². The maximum absolute atomic E-state index is 12.2. The number of anilines is 1. The lowest BCUT2D eigenvalue weighted by Crippen LogP contribution is -2.30. The number of hydrogen-bond donors (Lipinski definition) is 1. The van der Waals surface area contributed by atoms with Crippen LogP contribution in [0.1, 0.15) is 26.3 Å². The standard InChI is InChI=1S/C16H10ClNO4/c17-12-7-3-6-11-13(12)18(15(20)14(11)19)8-9-4-1-2-5-10(9)16(21)22/h1-7H,8H2,(H,21,22). The van der Waals surface area contributed by atoms with Crippen LogP contribution in [0.25, 0.3) is 0 Å². The number of benzene rings is 2. The van der Waals surface area contributed by atoms with Gasteiger partial charge < -0.3 is 5.11 Å². The number of nitrogens with zero attached hydrogens (tertiary/aromatic N) is 1. The molecule has 1 aliphatic heterocycles. The molecule has 1 aliphatic rings. The number of carboxylic acids is 1. The Hall–Kier alpha value is -2.66. The number of carbonyl (C=O) groups excluding carboxylic acids is 2. The first-order valence-electron chi connectivity index (χ1n) is 6.46. The fourth-order valence-corrected chi connectivity index (χ4v) is 2.78. The Labute approximate surface area is 130 Å². The molecule has 0 spiro atoms. The second-order valence-corrected chi connectivity index (χ2v) is 5.23. The van der Waals surface area contributed by atoms with Crippen LogP contribution in [0.15, 0.2) is 42.5 Å². The number of carboxylic acid groups (broad SMARTS) is 1. The minimum Gasteiger partial charge on any atom is -0.478 e. The topological polar surface area (TPSA) is 74.7 Å². The summed E-state index contributed by atoms with van der Waals surface area (Å²) in [4.78, 5) is 36.7. The summed E-state index contributed by atoms with van der Waals surface area (Å²) in [6.07, 6.45) is 0. The zero-order valence-electron chi connectivity index (χ0n) is 11.2. The Morgan fingerprint density at radius 2 is 1.82 bits per heavy atom. The quantitative estimate of drug-likeness (QED) is 0.884. The summed E-state index contributed by atoms with van der Waals surface area (Å²) in [6, 6.07) is 11.1. The van der Waals surface area contributed by atoms with E-state index < -0.39 is 17.7 Å². The minimum atomic E-state index is -1.09. The van der Waals surface area contributed by atoms with E-state index in [2.05, 4.69) is 0 Å². The van der Waals surface area contributed by atoms with Gasteiger partial charge in [0.25, 0.3) is 11.7 Å². The molecule has 1 amide bonds. The monoisotopic (exact) mass is 315 g/mol. The van der Waals surface area contributed by atoms with Gasteiger partial charge in [0.05, 0.1) is 28.4 Å². The largest absolute Gasteiger partial charge is 0.478 e. The third kappa shape index (κ3) is 2.16. The average Bonchev–Trinajstić information content (AvgIpc) is 2.74. The molecule has 0 atom stereocenters. The van der Waals surface area contributed by atoms with Gasteiger partial charge in [0.2, 0.25) is 0 Å². The fraction of sp³-hybridized carbons (Fsp3) is 0.0625. The van der Waals surface area contributed by atoms with Crippen LogP contribution in [0.2, 0.25) is 5.02 Å². The van der Waals surface area contributed by atoms with E-state index in [4.69, 9.17) is 11.6 Å². The lowest BCUT2D eigenvalue weighted by molar-refractivity contribution is -0.114. The van der Waals surface area contributed by atoms with Crippen LogP contribution in [0.3, 0.4) is 0 Å². The van der Waals surface area contributed by atoms with Crippen LogP contribution in [-0.4, -0.2) is 22.8 Å². The van der Waals surface area contributed by atoms with Crippen LogP contribution in [-0.2, 0) is 11.3 Å². The van der Waals surface area contributed by atoms with E-state index >= 15 is 0 Å². The summed E-state index contributed by atoms with van der Waals surface area (Å²) in [5.74, 6) is -2.43. The van der Waals surface area contributed by atoms with Crippen LogP contribution < -0.4 is 4.90 Å². The Morgan fingerprint density at radius 1 is 1.09 bits per heavy atom. The zero-order chi connectivity index (χ0) is 15.9. The van der Waals surface area contributed by atoms with Gasteiger partial charge in [-0.25, -0.2) is 4.79 Å². The smallest absolute Gasteiger partial charge is 0.336 e. The van der Waals surface area contributed by atoms with E-state index in [1.807, 2.05) is 0 Å². The highest BCUT2D eigenvalue weighted by atomic mass is 35.5. The lowest BCUT2D eigenvalue weighted by Gasteiger charge is -2.18. The molecule has 5 nitrogen and oxygen atoms in total. The van der Waals surface area contributed by atoms with Crippen molar-refractivity contribution < 1.29 is 19.5 Å². The molecule has 2 aromatic carbocycles. The summed E-state index contributed by atoms with van der Waals surface area (Å²) in [7, 11) is 0. The van der Waals surface area contributed by atoms with Crippen molar-refractivity contribution in [1.82, 2.24) is 0 Å². The molecule has 0 saturated heterocycles. The molecule has 0 aromatic heterocycles. The van der Waals surface area contributed by atoms with Crippen LogP contribution in [0.5, 0.6) is 0 Å². The normalized spacial score (nSPS) is 13.4. The van der Waals surface area contributed by atoms with Crippen molar-refractivity contribution in [2.45, 2.75) is 6.54 Å². The Balaban J connectivity index is 2.07. The molecule has 1 N–H and O–H groups in total. The molecule has 2 aromatic rings. The van der Waals surface area contributed by atoms with Crippen molar-refractivity contribution in [3.63, 3.8) is 0 Å². The summed E-state index contributed by atoms with van der Waals surface area (Å²) in [5, 5.41) is 9.49. The van der Waals surface area contributed by atoms with Crippen molar-refractivity contribution in [3.05, 3.63) is 64.2 Å². The number of Topliss-reactive ketones (excluding diaryl/α,β-unsaturated/α-hetero) is 1. The molecule has 0 radical (unpaired) electrons. The zero-order valence-corrected chi connectivity index (χ0v) is 12.0. The van der Waals surface area contributed by atoms with Crippen molar-refractivity contribution in [2.24, 2.45) is 0 Å². The first kappa shape index (κ1) is 14.3. The highest BCUT2D eigenvalue weighted by molar-refractivity contribution is 6.54. The van der Waals surface area contributed by atoms with Crippen molar-refractivity contribution >= 4 is 34.9 Å². The van der Waals surface area contributed by atoms with Crippen molar-refractivity contribution in [1.29, 1.82) is 0 Å². The van der Waals surface area contributed by atoms with E-state index in [0.29, 0.717) is 11.3 Å². The van der Waals surface area contributed by atoms with Gasteiger partial charge >= 0.3 is 5.97 Å². The second kappa shape index (κ2) is 5.27. The Kier molecular flexibility index (Phi) is 3.42. The number of para-hydroxylation sites is 1. The number of amides is 1. The molecule has 1 heterocycles. The summed E-state index contributed by atoms with van der Waals surface area (Å²) >= 11 is 6.10. The van der Waals surface area contributed by atoms with E-state index in [1.54, 1.807) is 30.3 Å². The fourth-order valence-electron chi connectivity index (χ4n) is 2.50. The second-order valence-electron chi connectivity index (χ2n) is 4.82. The van der Waals surface area contributed by atoms with Gasteiger partial charge in [-0.3, -0.25) is 14.5 Å². The minimum absolute atomic E-state index is 0.0240. The van der Waals surface area contributed by atoms with E-state index in [9.17, 15) is 19.5 Å². The Bertz CT molecular complexity index is 816. The number of rotatable bonds is 3. The molecule has 0 unspecified atom stereocenters. The number of halogens is 1. The molecular weight excluding hydrogens is 306 g/mol. The van der Waals surface area contributed by atoms with Gasteiger partial charge in [-0.1, -0.05) is 35.9 Å². The van der Waals surface area contributed by atoms with E-state index in [0.717, 1.165) is 0 Å².